The average molecular weight is 540 g/mol. The van der Waals surface area contributed by atoms with Gasteiger partial charge in [0, 0.05) is 15.6 Å². The molecule has 33 heavy (non-hydrogen) atoms. The molecule has 3 aromatic carbocycles. The number of methoxy groups -OCH3 is 1. The zero-order valence-electron chi connectivity index (χ0n) is 16.9. The third kappa shape index (κ3) is 4.95. The summed E-state index contributed by atoms with van der Waals surface area (Å²) in [6.07, 6.45) is 0. The Morgan fingerprint density at radius 2 is 1.55 bits per heavy atom. The Kier molecular flexibility index (Phi) is 7.12. The van der Waals surface area contributed by atoms with Gasteiger partial charge in [-0.1, -0.05) is 58.2 Å². The Labute approximate surface area is 214 Å². The molecule has 0 fully saturated rings. The Balaban J connectivity index is 1.75. The molecule has 0 unspecified atom stereocenters. The molecule has 0 radical (unpaired) electrons. The van der Waals surface area contributed by atoms with Crippen LogP contribution in [0, 0.1) is 0 Å². The fraction of sp³-hybridized carbons (Fsp3) is 0.0435. The summed E-state index contributed by atoms with van der Waals surface area (Å²) in [6, 6.07) is 16.5. The van der Waals surface area contributed by atoms with Crippen molar-refractivity contribution in [1.82, 2.24) is 0 Å². The third-order valence-corrected chi connectivity index (χ3v) is 7.03. The first-order valence-corrected chi connectivity index (χ1v) is 11.7. The molecule has 0 saturated carbocycles. The number of hydrogen-bond acceptors (Lipinski definition) is 5. The van der Waals surface area contributed by atoms with Gasteiger partial charge in [-0.05, 0) is 60.7 Å². The Morgan fingerprint density at radius 3 is 2.18 bits per heavy atom. The van der Waals surface area contributed by atoms with Crippen molar-refractivity contribution < 1.29 is 14.3 Å². The van der Waals surface area contributed by atoms with Crippen molar-refractivity contribution in [2.24, 2.45) is 0 Å². The summed E-state index contributed by atoms with van der Waals surface area (Å²) in [5, 5.41) is 4.50. The minimum absolute atomic E-state index is 0.104. The molecule has 168 valence electrons. The Hall–Kier alpha value is -2.35. The summed E-state index contributed by atoms with van der Waals surface area (Å²) in [7, 11) is 1.51. The van der Waals surface area contributed by atoms with Gasteiger partial charge in [0.05, 0.1) is 27.9 Å². The first kappa shape index (κ1) is 23.8. The molecule has 10 heteroatoms. The number of anilines is 2. The largest absolute Gasteiger partial charge is 0.495 e. The van der Waals surface area contributed by atoms with E-state index in [1.807, 2.05) is 0 Å². The van der Waals surface area contributed by atoms with Gasteiger partial charge in [0.25, 0.3) is 11.8 Å². The third-order valence-electron chi connectivity index (χ3n) is 4.66. The molecular weight excluding hydrogens is 526 g/mol. The fourth-order valence-corrected chi connectivity index (χ4v) is 4.69. The predicted octanol–water partition coefficient (Wildman–Crippen LogP) is 7.30. The van der Waals surface area contributed by atoms with E-state index in [1.54, 1.807) is 48.5 Å². The molecule has 1 aliphatic heterocycles. The van der Waals surface area contributed by atoms with E-state index >= 15 is 0 Å². The number of ether oxygens (including phenoxy) is 1. The molecule has 0 bridgehead atoms. The zero-order valence-corrected chi connectivity index (χ0v) is 20.7. The maximum atomic E-state index is 13.4. The second kappa shape index (κ2) is 9.87. The van der Waals surface area contributed by atoms with E-state index in [1.165, 1.54) is 19.2 Å². The van der Waals surface area contributed by atoms with Crippen LogP contribution in [0.2, 0.25) is 20.1 Å². The first-order chi connectivity index (χ1) is 15.8. The zero-order chi connectivity index (χ0) is 23.7. The van der Waals surface area contributed by atoms with Crippen molar-refractivity contribution in [3.05, 3.63) is 91.4 Å². The monoisotopic (exact) mass is 538 g/mol. The SMILES string of the molecule is COc1ccc(NC2=C(Sc3ccc(Cl)cc3)C(=O)N(c3ccc(Cl)c(Cl)c3)C2=O)cc1Cl. The molecule has 5 nitrogen and oxygen atoms in total. The maximum Gasteiger partial charge on any atom is 0.283 e. The van der Waals surface area contributed by atoms with Crippen LogP contribution in [0.15, 0.2) is 76.2 Å². The predicted molar refractivity (Wildman–Crippen MR) is 135 cm³/mol. The molecule has 0 aliphatic carbocycles. The highest BCUT2D eigenvalue weighted by molar-refractivity contribution is 8.04. The van der Waals surface area contributed by atoms with Gasteiger partial charge in [-0.2, -0.15) is 0 Å². The van der Waals surface area contributed by atoms with E-state index < -0.39 is 11.8 Å². The molecule has 1 aliphatic rings. The molecule has 4 rings (SSSR count). The van der Waals surface area contributed by atoms with Crippen LogP contribution in [-0.2, 0) is 9.59 Å². The standard InChI is InChI=1S/C23H14Cl4N2O3S/c1-32-19-9-4-13(10-18(19)27)28-20-21(33-15-6-2-12(24)3-7-15)23(31)29(22(20)30)14-5-8-16(25)17(26)11-14/h2-11,28H,1H3. The van der Waals surface area contributed by atoms with Crippen LogP contribution < -0.4 is 15.0 Å². The number of rotatable bonds is 6. The summed E-state index contributed by atoms with van der Waals surface area (Å²) in [5.74, 6) is -0.555. The fourth-order valence-electron chi connectivity index (χ4n) is 3.08. The molecule has 0 saturated heterocycles. The summed E-state index contributed by atoms with van der Waals surface area (Å²) in [5.41, 5.74) is 0.924. The van der Waals surface area contributed by atoms with Gasteiger partial charge in [0.1, 0.15) is 16.4 Å². The van der Waals surface area contributed by atoms with Crippen LogP contribution in [0.4, 0.5) is 11.4 Å². The van der Waals surface area contributed by atoms with Crippen molar-refractivity contribution in [3.8, 4) is 5.75 Å². The van der Waals surface area contributed by atoms with Gasteiger partial charge in [-0.15, -0.1) is 0 Å². The number of carbonyl (C=O) groups is 2. The van der Waals surface area contributed by atoms with Crippen LogP contribution in [0.25, 0.3) is 0 Å². The number of nitrogens with zero attached hydrogens (tertiary/aromatic N) is 1. The van der Waals surface area contributed by atoms with Gasteiger partial charge >= 0.3 is 0 Å². The first-order valence-electron chi connectivity index (χ1n) is 9.40. The Bertz CT molecular complexity index is 1300. The number of hydrogen-bond donors (Lipinski definition) is 1. The normalized spacial score (nSPS) is 13.7. The number of nitrogens with one attached hydrogen (secondary N) is 1. The van der Waals surface area contributed by atoms with Crippen LogP contribution in [0.3, 0.4) is 0 Å². The lowest BCUT2D eigenvalue weighted by Gasteiger charge is -2.16. The van der Waals surface area contributed by atoms with E-state index in [2.05, 4.69) is 5.32 Å². The molecule has 0 spiro atoms. The number of amides is 2. The van der Waals surface area contributed by atoms with Crippen molar-refractivity contribution in [2.75, 3.05) is 17.3 Å². The van der Waals surface area contributed by atoms with Gasteiger partial charge in [-0.25, -0.2) is 4.90 Å². The summed E-state index contributed by atoms with van der Waals surface area (Å²) < 4.78 is 5.17. The summed E-state index contributed by atoms with van der Waals surface area (Å²) in [6.45, 7) is 0. The van der Waals surface area contributed by atoms with E-state index in [0.717, 1.165) is 21.6 Å². The van der Waals surface area contributed by atoms with Crippen LogP contribution in [-0.4, -0.2) is 18.9 Å². The maximum absolute atomic E-state index is 13.4. The number of halogens is 4. The smallest absolute Gasteiger partial charge is 0.283 e. The number of carbonyl (C=O) groups excluding carboxylic acids is 2. The van der Waals surface area contributed by atoms with Gasteiger partial charge in [0.2, 0.25) is 0 Å². The minimum Gasteiger partial charge on any atom is -0.495 e. The van der Waals surface area contributed by atoms with Gasteiger partial charge < -0.3 is 10.1 Å². The average Bonchev–Trinajstić information content (AvgIpc) is 3.01. The molecule has 3 aromatic rings. The van der Waals surface area contributed by atoms with Crippen molar-refractivity contribution in [2.45, 2.75) is 4.90 Å². The lowest BCUT2D eigenvalue weighted by molar-refractivity contribution is -0.120. The van der Waals surface area contributed by atoms with E-state index in [4.69, 9.17) is 51.1 Å². The van der Waals surface area contributed by atoms with Crippen LogP contribution in [0.5, 0.6) is 5.75 Å². The van der Waals surface area contributed by atoms with E-state index in [0.29, 0.717) is 32.2 Å². The highest BCUT2D eigenvalue weighted by Crippen LogP contribution is 2.40. The van der Waals surface area contributed by atoms with E-state index in [9.17, 15) is 9.59 Å². The van der Waals surface area contributed by atoms with Crippen LogP contribution in [0.1, 0.15) is 0 Å². The second-order valence-corrected chi connectivity index (χ2v) is 9.52. The van der Waals surface area contributed by atoms with E-state index in [-0.39, 0.29) is 15.6 Å². The molecule has 1 heterocycles. The Morgan fingerprint density at radius 1 is 0.818 bits per heavy atom. The molecule has 1 N–H and O–H groups in total. The second-order valence-electron chi connectivity index (χ2n) is 6.78. The highest BCUT2D eigenvalue weighted by atomic mass is 35.5. The quantitative estimate of drug-likeness (QED) is 0.333. The molecule has 2 amide bonds. The van der Waals surface area contributed by atoms with Gasteiger partial charge in [-0.3, -0.25) is 9.59 Å². The minimum atomic E-state index is -0.540. The summed E-state index contributed by atoms with van der Waals surface area (Å²) in [4.78, 5) is 28.8. The lowest BCUT2D eigenvalue weighted by Crippen LogP contribution is -2.32. The van der Waals surface area contributed by atoms with Gasteiger partial charge in [0.15, 0.2) is 0 Å². The molecular formula is C23H14Cl4N2O3S. The number of thioether (sulfide) groups is 1. The highest BCUT2D eigenvalue weighted by Gasteiger charge is 2.40. The lowest BCUT2D eigenvalue weighted by atomic mass is 10.2. The number of imide groups is 1. The summed E-state index contributed by atoms with van der Waals surface area (Å²) >= 11 is 25.5. The molecule has 0 atom stereocenters. The van der Waals surface area contributed by atoms with Crippen molar-refractivity contribution in [1.29, 1.82) is 0 Å². The van der Waals surface area contributed by atoms with Crippen molar-refractivity contribution >= 4 is 81.4 Å². The molecule has 0 aromatic heterocycles. The topological polar surface area (TPSA) is 58.6 Å². The van der Waals surface area contributed by atoms with Crippen molar-refractivity contribution in [3.63, 3.8) is 0 Å². The number of benzene rings is 3. The van der Waals surface area contributed by atoms with Crippen LogP contribution >= 0.6 is 58.2 Å².